The molecule has 0 bridgehead atoms. The maximum absolute atomic E-state index is 6.14. The molecule has 0 unspecified atom stereocenters. The second-order valence-electron chi connectivity index (χ2n) is 3.37. The highest BCUT2D eigenvalue weighted by Gasteiger charge is 2.05. The van der Waals surface area contributed by atoms with Gasteiger partial charge in [0.2, 0.25) is 0 Å². The van der Waals surface area contributed by atoms with Crippen LogP contribution in [0.4, 0.5) is 0 Å². The van der Waals surface area contributed by atoms with Gasteiger partial charge in [0.15, 0.2) is 0 Å². The average molecular weight is 318 g/mol. The third kappa shape index (κ3) is 2.84. The summed E-state index contributed by atoms with van der Waals surface area (Å²) >= 11 is 11.3. The molecular weight excluding hydrogens is 308 g/mol. The van der Waals surface area contributed by atoms with Gasteiger partial charge in [-0.05, 0) is 30.7 Å². The minimum Gasteiger partial charge on any atom is -0.468 e. The number of benzene rings is 1. The molecule has 0 saturated heterocycles. The number of aryl methyl sites for hydroxylation is 1. The predicted octanol–water partition coefficient (Wildman–Crippen LogP) is 5.30. The standard InChI is InChI=1S/C12H10BrClOS/c1-8-12(4-5-15-8)16-7-9-2-3-10(13)6-11(9)14/h2-6H,7H2,1H3. The number of thioether (sulfide) groups is 1. The van der Waals surface area contributed by atoms with Crippen molar-refractivity contribution in [3.8, 4) is 0 Å². The Morgan fingerprint density at radius 2 is 2.19 bits per heavy atom. The summed E-state index contributed by atoms with van der Waals surface area (Å²) in [5, 5.41) is 0.794. The van der Waals surface area contributed by atoms with Crippen LogP contribution in [0.15, 0.2) is 44.3 Å². The number of hydrogen-bond donors (Lipinski definition) is 0. The summed E-state index contributed by atoms with van der Waals surface area (Å²) in [6.45, 7) is 1.96. The van der Waals surface area contributed by atoms with Crippen LogP contribution in [0.2, 0.25) is 5.02 Å². The van der Waals surface area contributed by atoms with Crippen molar-refractivity contribution in [2.45, 2.75) is 17.6 Å². The van der Waals surface area contributed by atoms with Gasteiger partial charge >= 0.3 is 0 Å². The first-order valence-electron chi connectivity index (χ1n) is 4.77. The Labute approximate surface area is 112 Å². The van der Waals surface area contributed by atoms with Crippen LogP contribution in [0.3, 0.4) is 0 Å². The molecule has 16 heavy (non-hydrogen) atoms. The van der Waals surface area contributed by atoms with Gasteiger partial charge in [-0.15, -0.1) is 11.8 Å². The normalized spacial score (nSPS) is 10.7. The molecular formula is C12H10BrClOS. The second kappa shape index (κ2) is 5.30. The molecule has 1 aromatic carbocycles. The van der Waals surface area contributed by atoms with Gasteiger partial charge < -0.3 is 4.42 Å². The second-order valence-corrected chi connectivity index (χ2v) is 5.71. The molecule has 1 aromatic heterocycles. The van der Waals surface area contributed by atoms with Crippen LogP contribution in [0.5, 0.6) is 0 Å². The van der Waals surface area contributed by atoms with Crippen molar-refractivity contribution in [2.75, 3.05) is 0 Å². The van der Waals surface area contributed by atoms with Gasteiger partial charge in [0.05, 0.1) is 6.26 Å². The lowest BCUT2D eigenvalue weighted by molar-refractivity contribution is 0.527. The third-order valence-electron chi connectivity index (χ3n) is 2.21. The van der Waals surface area contributed by atoms with Crippen molar-refractivity contribution in [1.29, 1.82) is 0 Å². The minimum atomic E-state index is 0.794. The van der Waals surface area contributed by atoms with Crippen LogP contribution in [-0.4, -0.2) is 0 Å². The highest BCUT2D eigenvalue weighted by molar-refractivity contribution is 9.10. The first kappa shape index (κ1) is 12.1. The van der Waals surface area contributed by atoms with E-state index in [-0.39, 0.29) is 0 Å². The number of halogens is 2. The van der Waals surface area contributed by atoms with Crippen molar-refractivity contribution in [1.82, 2.24) is 0 Å². The molecule has 0 atom stereocenters. The van der Waals surface area contributed by atoms with Crippen LogP contribution in [0, 0.1) is 6.92 Å². The molecule has 2 aromatic rings. The molecule has 1 heterocycles. The van der Waals surface area contributed by atoms with Crippen LogP contribution in [0.25, 0.3) is 0 Å². The third-order valence-corrected chi connectivity index (χ3v) is 4.24. The molecule has 4 heteroatoms. The zero-order chi connectivity index (χ0) is 11.5. The molecule has 0 spiro atoms. The molecule has 0 N–H and O–H groups in total. The fourth-order valence-corrected chi connectivity index (χ4v) is 3.10. The van der Waals surface area contributed by atoms with E-state index in [0.717, 1.165) is 26.6 Å². The molecule has 0 amide bonds. The van der Waals surface area contributed by atoms with Gasteiger partial charge in [-0.3, -0.25) is 0 Å². The lowest BCUT2D eigenvalue weighted by atomic mass is 10.2. The summed E-state index contributed by atoms with van der Waals surface area (Å²) in [7, 11) is 0. The minimum absolute atomic E-state index is 0.794. The Kier molecular flexibility index (Phi) is 4.00. The maximum Gasteiger partial charge on any atom is 0.114 e. The Hall–Kier alpha value is -0.380. The van der Waals surface area contributed by atoms with E-state index in [1.165, 1.54) is 4.90 Å². The summed E-state index contributed by atoms with van der Waals surface area (Å²) < 4.78 is 6.25. The van der Waals surface area contributed by atoms with Crippen molar-refractivity contribution >= 4 is 39.3 Å². The van der Waals surface area contributed by atoms with Gasteiger partial charge in [0.1, 0.15) is 5.76 Å². The fourth-order valence-electron chi connectivity index (χ4n) is 1.32. The molecule has 2 rings (SSSR count). The van der Waals surface area contributed by atoms with E-state index in [0.29, 0.717) is 0 Å². The lowest BCUT2D eigenvalue weighted by Crippen LogP contribution is -1.82. The Morgan fingerprint density at radius 1 is 1.38 bits per heavy atom. The zero-order valence-corrected chi connectivity index (χ0v) is 11.8. The molecule has 0 saturated carbocycles. The molecule has 0 aliphatic rings. The van der Waals surface area contributed by atoms with Crippen molar-refractivity contribution < 1.29 is 4.42 Å². The molecule has 1 nitrogen and oxygen atoms in total. The number of rotatable bonds is 3. The van der Waals surface area contributed by atoms with Gasteiger partial charge in [0, 0.05) is 20.1 Å². The Bertz CT molecular complexity index is 496. The summed E-state index contributed by atoms with van der Waals surface area (Å²) in [4.78, 5) is 1.17. The SMILES string of the molecule is Cc1occc1SCc1ccc(Br)cc1Cl. The van der Waals surface area contributed by atoms with E-state index in [4.69, 9.17) is 16.0 Å². The van der Waals surface area contributed by atoms with E-state index in [1.54, 1.807) is 18.0 Å². The van der Waals surface area contributed by atoms with E-state index in [2.05, 4.69) is 15.9 Å². The molecule has 0 fully saturated rings. The quantitative estimate of drug-likeness (QED) is 0.713. The summed E-state index contributed by atoms with van der Waals surface area (Å²) in [5.74, 6) is 1.81. The molecule has 0 aliphatic carbocycles. The topological polar surface area (TPSA) is 13.1 Å². The fraction of sp³-hybridized carbons (Fsp3) is 0.167. The monoisotopic (exact) mass is 316 g/mol. The smallest absolute Gasteiger partial charge is 0.114 e. The first-order valence-corrected chi connectivity index (χ1v) is 6.93. The van der Waals surface area contributed by atoms with E-state index < -0.39 is 0 Å². The van der Waals surface area contributed by atoms with Gasteiger partial charge in [-0.1, -0.05) is 33.6 Å². The lowest BCUT2D eigenvalue weighted by Gasteiger charge is -2.04. The predicted molar refractivity (Wildman–Crippen MR) is 72.2 cm³/mol. The summed E-state index contributed by atoms with van der Waals surface area (Å²) in [6, 6.07) is 7.94. The largest absolute Gasteiger partial charge is 0.468 e. The maximum atomic E-state index is 6.14. The van der Waals surface area contributed by atoms with Crippen LogP contribution >= 0.6 is 39.3 Å². The Balaban J connectivity index is 2.08. The van der Waals surface area contributed by atoms with Crippen LogP contribution in [0.1, 0.15) is 11.3 Å². The van der Waals surface area contributed by atoms with Crippen LogP contribution in [-0.2, 0) is 5.75 Å². The van der Waals surface area contributed by atoms with Crippen LogP contribution < -0.4 is 0 Å². The van der Waals surface area contributed by atoms with Gasteiger partial charge in [-0.25, -0.2) is 0 Å². The Morgan fingerprint density at radius 3 is 2.81 bits per heavy atom. The van der Waals surface area contributed by atoms with Crippen molar-refractivity contribution in [3.63, 3.8) is 0 Å². The number of furan rings is 1. The average Bonchev–Trinajstić information content (AvgIpc) is 2.63. The highest BCUT2D eigenvalue weighted by Crippen LogP contribution is 2.30. The van der Waals surface area contributed by atoms with Crippen molar-refractivity contribution in [2.24, 2.45) is 0 Å². The first-order chi connectivity index (χ1) is 7.66. The van der Waals surface area contributed by atoms with Gasteiger partial charge in [0.25, 0.3) is 0 Å². The van der Waals surface area contributed by atoms with Crippen molar-refractivity contribution in [3.05, 3.63) is 51.3 Å². The zero-order valence-electron chi connectivity index (χ0n) is 8.67. The van der Waals surface area contributed by atoms with E-state index >= 15 is 0 Å². The summed E-state index contributed by atoms with van der Waals surface area (Å²) in [5.41, 5.74) is 1.13. The van der Waals surface area contributed by atoms with Gasteiger partial charge in [-0.2, -0.15) is 0 Å². The summed E-state index contributed by atoms with van der Waals surface area (Å²) in [6.07, 6.45) is 1.71. The molecule has 84 valence electrons. The van der Waals surface area contributed by atoms with E-state index in [1.807, 2.05) is 31.2 Å². The molecule has 0 aliphatic heterocycles. The highest BCUT2D eigenvalue weighted by atomic mass is 79.9. The molecule has 0 radical (unpaired) electrons. The van der Waals surface area contributed by atoms with E-state index in [9.17, 15) is 0 Å². The number of hydrogen-bond acceptors (Lipinski definition) is 2.